The molecule has 0 heterocycles. The maximum absolute atomic E-state index is 5.78. The number of ether oxygens (including phenoxy) is 9. The maximum Gasteiger partial charge on any atom is 0.119 e. The van der Waals surface area contributed by atoms with E-state index < -0.39 is 0 Å². The van der Waals surface area contributed by atoms with E-state index in [1.807, 2.05) is 0 Å². The molecular formula is C37H67IO9. The molecule has 10 heteroatoms. The lowest BCUT2D eigenvalue weighted by Crippen LogP contribution is -2.15. The number of hydrogen-bond donors (Lipinski definition) is 0. The molecule has 0 aliphatic heterocycles. The molecule has 276 valence electrons. The van der Waals surface area contributed by atoms with Gasteiger partial charge in [0.25, 0.3) is 0 Å². The van der Waals surface area contributed by atoms with Crippen molar-refractivity contribution in [1.29, 1.82) is 0 Å². The van der Waals surface area contributed by atoms with Crippen molar-refractivity contribution in [1.82, 2.24) is 0 Å². The Balaban J connectivity index is 1.71. The first kappa shape index (κ1) is 44.5. The highest BCUT2D eigenvalue weighted by Gasteiger charge is 1.99. The standard InChI is InChI=1S/C37H67IO9/c1-2-3-4-5-6-7-10-13-36-14-16-37(17-15-36)47-35-34-46-33-32-45-31-30-44-29-28-43-27-26-42-25-24-41-23-22-40-21-20-39-19-12-9-8-11-18-38/h14-17H,2-13,18-35H2,1H3. The van der Waals surface area contributed by atoms with Gasteiger partial charge in [-0.3, -0.25) is 0 Å². The van der Waals surface area contributed by atoms with Crippen molar-refractivity contribution in [2.45, 2.75) is 84.0 Å². The van der Waals surface area contributed by atoms with Crippen molar-refractivity contribution < 1.29 is 42.6 Å². The number of benzene rings is 1. The van der Waals surface area contributed by atoms with E-state index in [0.717, 1.165) is 25.2 Å². The molecule has 0 saturated carbocycles. The maximum atomic E-state index is 5.78. The van der Waals surface area contributed by atoms with Gasteiger partial charge >= 0.3 is 0 Å². The zero-order valence-electron chi connectivity index (χ0n) is 29.6. The highest BCUT2D eigenvalue weighted by atomic mass is 127. The fourth-order valence-corrected chi connectivity index (χ4v) is 5.09. The highest BCUT2D eigenvalue weighted by molar-refractivity contribution is 14.1. The molecule has 0 fully saturated rings. The molecule has 0 aromatic heterocycles. The number of rotatable bonds is 39. The predicted octanol–water partition coefficient (Wildman–Crippen LogP) is 7.49. The fraction of sp³-hybridized carbons (Fsp3) is 0.838. The molecule has 0 N–H and O–H groups in total. The van der Waals surface area contributed by atoms with E-state index in [-0.39, 0.29) is 0 Å². The minimum absolute atomic E-state index is 0.532. The Morgan fingerprint density at radius 1 is 0.383 bits per heavy atom. The summed E-state index contributed by atoms with van der Waals surface area (Å²) in [6, 6.07) is 8.47. The van der Waals surface area contributed by atoms with Crippen LogP contribution in [0.2, 0.25) is 0 Å². The molecule has 1 aromatic rings. The summed E-state index contributed by atoms with van der Waals surface area (Å²) < 4.78 is 51.3. The molecule has 0 aliphatic rings. The topological polar surface area (TPSA) is 83.1 Å². The Kier molecular flexibility index (Phi) is 36.2. The molecule has 47 heavy (non-hydrogen) atoms. The second kappa shape index (κ2) is 38.2. The van der Waals surface area contributed by atoms with Crippen LogP contribution in [0.5, 0.6) is 5.75 Å². The second-order valence-electron chi connectivity index (χ2n) is 11.4. The van der Waals surface area contributed by atoms with Crippen LogP contribution in [-0.2, 0) is 44.3 Å². The Bertz CT molecular complexity index is 726. The van der Waals surface area contributed by atoms with E-state index in [1.165, 1.54) is 74.2 Å². The molecule has 0 radical (unpaired) electrons. The predicted molar refractivity (Wildman–Crippen MR) is 198 cm³/mol. The third-order valence-corrected chi connectivity index (χ3v) is 8.03. The summed E-state index contributed by atoms with van der Waals surface area (Å²) in [6.07, 6.45) is 15.5. The van der Waals surface area contributed by atoms with Crippen molar-refractivity contribution in [2.24, 2.45) is 0 Å². The first-order valence-electron chi connectivity index (χ1n) is 18.3. The van der Waals surface area contributed by atoms with Gasteiger partial charge in [-0.05, 0) is 47.8 Å². The van der Waals surface area contributed by atoms with Crippen molar-refractivity contribution in [2.75, 3.05) is 117 Å². The average Bonchev–Trinajstić information content (AvgIpc) is 3.09. The summed E-state index contributed by atoms with van der Waals surface area (Å²) in [5.74, 6) is 0.893. The van der Waals surface area contributed by atoms with Gasteiger partial charge in [-0.25, -0.2) is 0 Å². The van der Waals surface area contributed by atoms with E-state index in [4.69, 9.17) is 42.6 Å². The van der Waals surface area contributed by atoms with E-state index in [2.05, 4.69) is 53.8 Å². The summed E-state index contributed by atoms with van der Waals surface area (Å²) in [6.45, 7) is 11.9. The van der Waals surface area contributed by atoms with E-state index >= 15 is 0 Å². The number of hydrogen-bond acceptors (Lipinski definition) is 9. The van der Waals surface area contributed by atoms with Crippen LogP contribution in [0.15, 0.2) is 24.3 Å². The lowest BCUT2D eigenvalue weighted by molar-refractivity contribution is -0.0236. The first-order chi connectivity index (χ1) is 23.4. The number of alkyl halides is 1. The Morgan fingerprint density at radius 2 is 0.745 bits per heavy atom. The molecule has 0 aliphatic carbocycles. The molecule has 9 nitrogen and oxygen atoms in total. The lowest BCUT2D eigenvalue weighted by atomic mass is 10.0. The lowest BCUT2D eigenvalue weighted by Gasteiger charge is -2.09. The van der Waals surface area contributed by atoms with Crippen LogP contribution in [0, 0.1) is 0 Å². The number of aryl methyl sites for hydroxylation is 1. The zero-order valence-corrected chi connectivity index (χ0v) is 31.7. The van der Waals surface area contributed by atoms with Crippen molar-refractivity contribution >= 4 is 22.6 Å². The minimum Gasteiger partial charge on any atom is -0.491 e. The van der Waals surface area contributed by atoms with Gasteiger partial charge in [0.1, 0.15) is 12.4 Å². The summed E-state index contributed by atoms with van der Waals surface area (Å²) in [5.41, 5.74) is 1.39. The van der Waals surface area contributed by atoms with Crippen molar-refractivity contribution in [3.8, 4) is 5.75 Å². The average molecular weight is 783 g/mol. The van der Waals surface area contributed by atoms with Gasteiger partial charge in [0.2, 0.25) is 0 Å². The van der Waals surface area contributed by atoms with Gasteiger partial charge < -0.3 is 42.6 Å². The third-order valence-electron chi connectivity index (χ3n) is 7.27. The van der Waals surface area contributed by atoms with Gasteiger partial charge in [0, 0.05) is 6.61 Å². The Labute approximate surface area is 300 Å². The van der Waals surface area contributed by atoms with E-state index in [1.54, 1.807) is 0 Å². The van der Waals surface area contributed by atoms with Gasteiger partial charge in [0.05, 0.1) is 99.1 Å². The molecule has 1 rings (SSSR count). The smallest absolute Gasteiger partial charge is 0.119 e. The third kappa shape index (κ3) is 33.7. The van der Waals surface area contributed by atoms with Gasteiger partial charge in [-0.2, -0.15) is 0 Å². The summed E-state index contributed by atoms with van der Waals surface area (Å²) in [7, 11) is 0. The van der Waals surface area contributed by atoms with Crippen LogP contribution < -0.4 is 4.74 Å². The van der Waals surface area contributed by atoms with Crippen LogP contribution in [-0.4, -0.2) is 117 Å². The quantitative estimate of drug-likeness (QED) is 0.0384. The molecule has 1 aromatic carbocycles. The van der Waals surface area contributed by atoms with E-state index in [0.29, 0.717) is 106 Å². The summed E-state index contributed by atoms with van der Waals surface area (Å²) in [5, 5.41) is 0. The first-order valence-corrected chi connectivity index (χ1v) is 19.8. The number of halogens is 1. The van der Waals surface area contributed by atoms with Crippen LogP contribution in [0.4, 0.5) is 0 Å². The SMILES string of the molecule is CCCCCCCCCc1ccc(OCCOCCOCCOCCOCCOCCOCCOCCOCCCCCCI)cc1. The highest BCUT2D eigenvalue weighted by Crippen LogP contribution is 2.15. The van der Waals surface area contributed by atoms with Crippen LogP contribution in [0.25, 0.3) is 0 Å². The molecule has 0 unspecified atom stereocenters. The van der Waals surface area contributed by atoms with Crippen molar-refractivity contribution in [3.63, 3.8) is 0 Å². The van der Waals surface area contributed by atoms with Gasteiger partial charge in [-0.15, -0.1) is 0 Å². The molecule has 0 bridgehead atoms. The Hall–Kier alpha value is -0.570. The van der Waals surface area contributed by atoms with Gasteiger partial charge in [0.15, 0.2) is 0 Å². The van der Waals surface area contributed by atoms with Gasteiger partial charge in [-0.1, -0.05) is 93.0 Å². The zero-order chi connectivity index (χ0) is 33.6. The monoisotopic (exact) mass is 782 g/mol. The second-order valence-corrected chi connectivity index (χ2v) is 12.4. The summed E-state index contributed by atoms with van der Waals surface area (Å²) >= 11 is 2.42. The molecule has 0 saturated heterocycles. The van der Waals surface area contributed by atoms with E-state index in [9.17, 15) is 0 Å². The Morgan fingerprint density at radius 3 is 1.19 bits per heavy atom. The largest absolute Gasteiger partial charge is 0.491 e. The van der Waals surface area contributed by atoms with Crippen LogP contribution in [0.1, 0.15) is 83.1 Å². The molecule has 0 atom stereocenters. The fourth-order valence-electron chi connectivity index (χ4n) is 4.55. The normalized spacial score (nSPS) is 11.4. The molecule has 0 amide bonds. The molecular weight excluding hydrogens is 715 g/mol. The minimum atomic E-state index is 0.532. The van der Waals surface area contributed by atoms with Crippen LogP contribution >= 0.6 is 22.6 Å². The van der Waals surface area contributed by atoms with Crippen molar-refractivity contribution in [3.05, 3.63) is 29.8 Å². The summed E-state index contributed by atoms with van der Waals surface area (Å²) in [4.78, 5) is 0. The molecule has 0 spiro atoms. The van der Waals surface area contributed by atoms with Crippen LogP contribution in [0.3, 0.4) is 0 Å². The number of unbranched alkanes of at least 4 members (excludes halogenated alkanes) is 9.